The molecule has 3 nitrogen and oxygen atoms in total. The van der Waals surface area contributed by atoms with E-state index in [1.807, 2.05) is 48.5 Å². The molecule has 0 N–H and O–H groups in total. The third-order valence-electron chi connectivity index (χ3n) is 8.87. The summed E-state index contributed by atoms with van der Waals surface area (Å²) in [7, 11) is 0. The fourth-order valence-corrected chi connectivity index (χ4v) is 6.69. The molecule has 0 spiro atoms. The van der Waals surface area contributed by atoms with Crippen molar-refractivity contribution in [1.29, 1.82) is 0 Å². The number of hydrogen-bond acceptors (Lipinski definition) is 2. The summed E-state index contributed by atoms with van der Waals surface area (Å²) in [6, 6.07) is 44.3. The molecule has 43 heavy (non-hydrogen) atoms. The van der Waals surface area contributed by atoms with Crippen LogP contribution in [0, 0.1) is 6.57 Å². The van der Waals surface area contributed by atoms with Gasteiger partial charge in [-0.3, -0.25) is 0 Å². The van der Waals surface area contributed by atoms with E-state index in [-0.39, 0.29) is 5.41 Å². The third-order valence-corrected chi connectivity index (χ3v) is 8.87. The zero-order valence-corrected chi connectivity index (χ0v) is 24.0. The van der Waals surface area contributed by atoms with Crippen molar-refractivity contribution in [3.63, 3.8) is 0 Å². The Morgan fingerprint density at radius 1 is 0.581 bits per heavy atom. The summed E-state index contributed by atoms with van der Waals surface area (Å²) >= 11 is 0. The van der Waals surface area contributed by atoms with E-state index in [2.05, 4.69) is 97.6 Å². The largest absolute Gasteiger partial charge is 0.238 e. The lowest BCUT2D eigenvalue weighted by Crippen LogP contribution is -2.14. The second-order valence-corrected chi connectivity index (χ2v) is 11.7. The lowest BCUT2D eigenvalue weighted by Gasteiger charge is -2.22. The van der Waals surface area contributed by atoms with Gasteiger partial charge < -0.3 is 0 Å². The molecule has 1 aliphatic rings. The van der Waals surface area contributed by atoms with E-state index < -0.39 is 0 Å². The average molecular weight is 550 g/mol. The highest BCUT2D eigenvalue weighted by Gasteiger charge is 2.37. The smallest absolute Gasteiger partial charge is 0.187 e. The summed E-state index contributed by atoms with van der Waals surface area (Å²) in [5, 5.41) is 5.07. The lowest BCUT2D eigenvalue weighted by molar-refractivity contribution is 0.661. The minimum atomic E-state index is -0.133. The predicted molar refractivity (Wildman–Crippen MR) is 177 cm³/mol. The van der Waals surface area contributed by atoms with E-state index in [9.17, 15) is 0 Å². The third kappa shape index (κ3) is 3.95. The van der Waals surface area contributed by atoms with Crippen LogP contribution in [0.2, 0.25) is 0 Å². The molecule has 3 heteroatoms. The highest BCUT2D eigenvalue weighted by atomic mass is 14.9. The monoisotopic (exact) mass is 549 g/mol. The minimum absolute atomic E-state index is 0.133. The Morgan fingerprint density at radius 2 is 1.28 bits per heavy atom. The molecule has 8 rings (SSSR count). The topological polar surface area (TPSA) is 30.1 Å². The van der Waals surface area contributed by atoms with Gasteiger partial charge in [-0.15, -0.1) is 0 Å². The van der Waals surface area contributed by atoms with Crippen LogP contribution in [0.15, 0.2) is 127 Å². The highest BCUT2D eigenvalue weighted by molar-refractivity contribution is 6.16. The van der Waals surface area contributed by atoms with E-state index in [1.54, 1.807) is 0 Å². The van der Waals surface area contributed by atoms with Gasteiger partial charge >= 0.3 is 0 Å². The minimum Gasteiger partial charge on any atom is -0.238 e. The van der Waals surface area contributed by atoms with Crippen LogP contribution in [0.25, 0.3) is 71.4 Å². The summed E-state index contributed by atoms with van der Waals surface area (Å²) in [5.74, 6) is 0.670. The van der Waals surface area contributed by atoms with E-state index >= 15 is 0 Å². The van der Waals surface area contributed by atoms with Gasteiger partial charge in [-0.1, -0.05) is 123 Å². The van der Waals surface area contributed by atoms with Crippen molar-refractivity contribution >= 4 is 27.2 Å². The highest BCUT2D eigenvalue weighted by Crippen LogP contribution is 2.53. The first-order valence-electron chi connectivity index (χ1n) is 14.5. The fourth-order valence-electron chi connectivity index (χ4n) is 6.69. The van der Waals surface area contributed by atoms with Gasteiger partial charge in [0.2, 0.25) is 0 Å². The van der Waals surface area contributed by atoms with E-state index in [0.717, 1.165) is 28.1 Å². The van der Waals surface area contributed by atoms with Crippen LogP contribution < -0.4 is 0 Å². The first-order chi connectivity index (χ1) is 21.0. The Kier molecular flexibility index (Phi) is 5.54. The van der Waals surface area contributed by atoms with E-state index in [1.165, 1.54) is 43.8 Å². The van der Waals surface area contributed by atoms with Crippen LogP contribution in [-0.2, 0) is 5.41 Å². The van der Waals surface area contributed by atoms with Crippen molar-refractivity contribution < 1.29 is 0 Å². The molecule has 0 aliphatic heterocycles. The van der Waals surface area contributed by atoms with Gasteiger partial charge in [-0.05, 0) is 67.6 Å². The van der Waals surface area contributed by atoms with Crippen molar-refractivity contribution in [2.45, 2.75) is 19.3 Å². The molecule has 0 bridgehead atoms. The average Bonchev–Trinajstić information content (AvgIpc) is 3.30. The molecule has 0 radical (unpaired) electrons. The molecular weight excluding hydrogens is 522 g/mol. The molecule has 0 saturated heterocycles. The number of aromatic nitrogens is 2. The standard InChI is InChI=1S/C40H27N3/c1-40(2)33-20-19-29(23-32(33)38-34(40)21-18-27-17-16-25-10-7-8-15-31(25)37(27)38)39-42-35(26-11-5-4-6-12-26)24-36(43-39)28-13-9-14-30(22-28)41-3/h4-24H,1-2H3. The molecule has 7 aromatic rings. The maximum Gasteiger partial charge on any atom is 0.187 e. The zero-order chi connectivity index (χ0) is 29.1. The molecule has 0 fully saturated rings. The van der Waals surface area contributed by atoms with Crippen LogP contribution in [-0.4, -0.2) is 9.97 Å². The SMILES string of the molecule is [C-]#[N+]c1cccc(-c2cc(-c3ccccc3)nc(-c3ccc4c(c3)-c3c(ccc5ccc6ccccc6c35)C4(C)C)n2)c1. The van der Waals surface area contributed by atoms with Crippen LogP contribution in [0.3, 0.4) is 0 Å². The van der Waals surface area contributed by atoms with Crippen molar-refractivity contribution in [3.05, 3.63) is 150 Å². The normalized spacial score (nSPS) is 13.0. The Morgan fingerprint density at radius 3 is 2.12 bits per heavy atom. The number of fused-ring (bicyclic) bond motifs is 7. The number of rotatable bonds is 3. The molecule has 1 heterocycles. The van der Waals surface area contributed by atoms with E-state index in [4.69, 9.17) is 16.5 Å². The fraction of sp³-hybridized carbons (Fsp3) is 0.0750. The summed E-state index contributed by atoms with van der Waals surface area (Å²) in [6.45, 7) is 12.2. The summed E-state index contributed by atoms with van der Waals surface area (Å²) in [4.78, 5) is 13.8. The maximum atomic E-state index is 7.52. The first-order valence-corrected chi connectivity index (χ1v) is 14.5. The van der Waals surface area contributed by atoms with Crippen molar-refractivity contribution in [1.82, 2.24) is 9.97 Å². The van der Waals surface area contributed by atoms with Crippen molar-refractivity contribution in [2.75, 3.05) is 0 Å². The predicted octanol–water partition coefficient (Wildman–Crippen LogP) is 10.6. The summed E-state index contributed by atoms with van der Waals surface area (Å²) in [5.41, 5.74) is 10.2. The van der Waals surface area contributed by atoms with Gasteiger partial charge in [0.05, 0.1) is 18.0 Å². The van der Waals surface area contributed by atoms with Gasteiger partial charge in [-0.25, -0.2) is 14.8 Å². The summed E-state index contributed by atoms with van der Waals surface area (Å²) in [6.07, 6.45) is 0. The van der Waals surface area contributed by atoms with Crippen LogP contribution in [0.4, 0.5) is 5.69 Å². The number of hydrogen-bond donors (Lipinski definition) is 0. The molecule has 1 aromatic heterocycles. The van der Waals surface area contributed by atoms with Crippen LogP contribution in [0.1, 0.15) is 25.0 Å². The quantitative estimate of drug-likeness (QED) is 0.162. The van der Waals surface area contributed by atoms with Crippen LogP contribution in [0.5, 0.6) is 0 Å². The van der Waals surface area contributed by atoms with Crippen molar-refractivity contribution in [3.8, 4) is 45.0 Å². The van der Waals surface area contributed by atoms with Gasteiger partial charge in [0.1, 0.15) is 0 Å². The lowest BCUT2D eigenvalue weighted by atomic mass is 9.81. The Labute approximate surface area is 251 Å². The molecule has 0 saturated carbocycles. The molecule has 0 atom stereocenters. The Bertz CT molecular complexity index is 2270. The van der Waals surface area contributed by atoms with Crippen LogP contribution >= 0.6 is 0 Å². The molecule has 0 amide bonds. The van der Waals surface area contributed by atoms with Gasteiger partial charge in [0.25, 0.3) is 0 Å². The molecule has 0 unspecified atom stereocenters. The van der Waals surface area contributed by atoms with E-state index in [0.29, 0.717) is 11.5 Å². The van der Waals surface area contributed by atoms with Gasteiger partial charge in [0, 0.05) is 16.5 Å². The van der Waals surface area contributed by atoms with Gasteiger partial charge in [-0.2, -0.15) is 0 Å². The molecule has 202 valence electrons. The Hall–Kier alpha value is -5.59. The number of benzene rings is 6. The molecular formula is C40H27N3. The van der Waals surface area contributed by atoms with Gasteiger partial charge in [0.15, 0.2) is 11.5 Å². The second-order valence-electron chi connectivity index (χ2n) is 11.7. The second kappa shape index (κ2) is 9.48. The maximum absolute atomic E-state index is 7.52. The van der Waals surface area contributed by atoms with Crippen molar-refractivity contribution in [2.24, 2.45) is 0 Å². The number of nitrogens with zero attached hydrogens (tertiary/aromatic N) is 3. The Balaban J connectivity index is 1.39. The molecule has 6 aromatic carbocycles. The molecule has 1 aliphatic carbocycles. The summed E-state index contributed by atoms with van der Waals surface area (Å²) < 4.78 is 0. The zero-order valence-electron chi connectivity index (χ0n) is 24.0. The first kappa shape index (κ1) is 25.1.